The van der Waals surface area contributed by atoms with Gasteiger partial charge in [-0.3, -0.25) is 4.98 Å². The first-order valence-electron chi connectivity index (χ1n) is 10.4. The first-order valence-corrected chi connectivity index (χ1v) is 11.2. The van der Waals surface area contributed by atoms with Crippen LogP contribution >= 0.6 is 11.3 Å². The van der Waals surface area contributed by atoms with E-state index in [1.807, 2.05) is 54.0 Å². The summed E-state index contributed by atoms with van der Waals surface area (Å²) < 4.78 is 15.0. The van der Waals surface area contributed by atoms with Gasteiger partial charge < -0.3 is 5.32 Å². The van der Waals surface area contributed by atoms with Gasteiger partial charge in [0.05, 0.1) is 33.3 Å². The zero-order valence-electron chi connectivity index (χ0n) is 17.7. The van der Waals surface area contributed by atoms with Crippen molar-refractivity contribution in [3.8, 4) is 22.4 Å². The maximum absolute atomic E-state index is 13.9. The lowest BCUT2D eigenvalue weighted by molar-refractivity contribution is 0.619. The van der Waals surface area contributed by atoms with E-state index in [0.717, 1.165) is 49.5 Å². The molecule has 0 radical (unpaired) electrons. The molecule has 0 fully saturated rings. The lowest BCUT2D eigenvalue weighted by atomic mass is 9.97. The minimum Gasteiger partial charge on any atom is -0.354 e. The van der Waals surface area contributed by atoms with Crippen molar-refractivity contribution in [2.75, 3.05) is 5.32 Å². The molecule has 0 saturated heterocycles. The highest BCUT2D eigenvalue weighted by molar-refractivity contribution is 7.16. The van der Waals surface area contributed by atoms with Gasteiger partial charge in [0.2, 0.25) is 0 Å². The molecule has 0 unspecified atom stereocenters. The summed E-state index contributed by atoms with van der Waals surface area (Å²) in [6.07, 6.45) is 1.77. The quantitative estimate of drug-likeness (QED) is 0.270. The number of halogens is 1. The minimum atomic E-state index is -0.238. The number of pyridine rings is 1. The molecule has 2 aromatic heterocycles. The zero-order valence-corrected chi connectivity index (χ0v) is 18.6. The van der Waals surface area contributed by atoms with Crippen LogP contribution in [0.3, 0.4) is 0 Å². The largest absolute Gasteiger partial charge is 0.354 e. The van der Waals surface area contributed by atoms with Gasteiger partial charge in [0, 0.05) is 16.8 Å². The topological polar surface area (TPSA) is 67.2 Å². The van der Waals surface area contributed by atoms with Gasteiger partial charge in [-0.05, 0) is 72.1 Å². The van der Waals surface area contributed by atoms with E-state index in [1.54, 1.807) is 30.5 Å². The smallest absolute Gasteiger partial charge is 0.126 e. The molecule has 1 N–H and O–H groups in total. The Morgan fingerprint density at radius 3 is 2.55 bits per heavy atom. The van der Waals surface area contributed by atoms with Crippen LogP contribution in [-0.4, -0.2) is 9.97 Å². The lowest BCUT2D eigenvalue weighted by Gasteiger charge is -2.14. The van der Waals surface area contributed by atoms with Crippen molar-refractivity contribution in [2.45, 2.75) is 13.5 Å². The Morgan fingerprint density at radius 2 is 1.76 bits per heavy atom. The second kappa shape index (κ2) is 8.88. The number of aromatic nitrogens is 2. The summed E-state index contributed by atoms with van der Waals surface area (Å²) in [4.78, 5) is 19.6. The fraction of sp³-hybridized carbons (Fsp3) is 0.0769. The van der Waals surface area contributed by atoms with E-state index in [0.29, 0.717) is 5.56 Å². The average molecular weight is 455 g/mol. The van der Waals surface area contributed by atoms with E-state index < -0.39 is 0 Å². The molecule has 0 aliphatic heterocycles. The van der Waals surface area contributed by atoms with Crippen molar-refractivity contribution in [1.29, 1.82) is 0 Å². The van der Waals surface area contributed by atoms with Crippen LogP contribution in [0.1, 0.15) is 11.1 Å². The zero-order chi connectivity index (χ0) is 22.8. The summed E-state index contributed by atoms with van der Waals surface area (Å²) in [5, 5.41) is 6.30. The maximum Gasteiger partial charge on any atom is 0.126 e. The van der Waals surface area contributed by atoms with E-state index in [-0.39, 0.29) is 12.4 Å². The molecule has 5 nitrogen and oxygen atoms in total. The number of nitrogens with one attached hydrogen (secondary N) is 1. The summed E-state index contributed by atoms with van der Waals surface area (Å²) in [6, 6.07) is 20.8. The molecule has 0 aliphatic rings. The maximum atomic E-state index is 13.9. The van der Waals surface area contributed by atoms with Crippen LogP contribution in [0, 0.1) is 17.6 Å². The molecule has 2 heterocycles. The molecular formula is C26H19FN4OS. The Kier molecular flexibility index (Phi) is 5.62. The molecule has 33 heavy (non-hydrogen) atoms. The Bertz CT molecular complexity index is 1460. The van der Waals surface area contributed by atoms with Gasteiger partial charge in [-0.15, -0.1) is 11.3 Å². The van der Waals surface area contributed by atoms with Gasteiger partial charge in [0.1, 0.15) is 12.4 Å². The van der Waals surface area contributed by atoms with Crippen LogP contribution < -0.4 is 5.32 Å². The fourth-order valence-corrected chi connectivity index (χ4v) is 4.45. The van der Waals surface area contributed by atoms with Gasteiger partial charge >= 0.3 is 0 Å². The molecule has 162 valence electrons. The lowest BCUT2D eigenvalue weighted by Crippen LogP contribution is -1.96. The van der Waals surface area contributed by atoms with Crippen molar-refractivity contribution in [3.63, 3.8) is 0 Å². The molecule has 0 bridgehead atoms. The number of thiazole rings is 1. The Hall–Kier alpha value is -3.97. The van der Waals surface area contributed by atoms with E-state index in [1.165, 1.54) is 6.07 Å². The van der Waals surface area contributed by atoms with Crippen molar-refractivity contribution in [3.05, 3.63) is 100 Å². The number of nitroso groups, excluding NO2 is 1. The standard InChI is InChI=1S/C26H19FN4OS/c1-16-10-19(4-8-23(16)27)26-22(18-5-9-24-25(11-18)33-15-29-24)12-21(14-28-26)31-20-6-2-17(3-7-20)13-30-32/h2-12,14-15,31H,13H2,1H3. The van der Waals surface area contributed by atoms with E-state index >= 15 is 0 Å². The number of benzene rings is 3. The molecule has 5 rings (SSSR count). The highest BCUT2D eigenvalue weighted by atomic mass is 32.1. The number of rotatable bonds is 6. The normalized spacial score (nSPS) is 11.0. The van der Waals surface area contributed by atoms with Crippen LogP contribution in [0.15, 0.2) is 83.6 Å². The van der Waals surface area contributed by atoms with Gasteiger partial charge in [0.15, 0.2) is 0 Å². The van der Waals surface area contributed by atoms with Crippen LogP contribution in [0.5, 0.6) is 0 Å². The summed E-state index contributed by atoms with van der Waals surface area (Å²) in [5.74, 6) is -0.238. The molecule has 5 aromatic rings. The third kappa shape index (κ3) is 4.36. The van der Waals surface area contributed by atoms with Gasteiger partial charge in [-0.25, -0.2) is 9.37 Å². The minimum absolute atomic E-state index is 0.151. The number of hydrogen-bond acceptors (Lipinski definition) is 6. The number of aryl methyl sites for hydroxylation is 1. The van der Waals surface area contributed by atoms with Crippen molar-refractivity contribution in [1.82, 2.24) is 9.97 Å². The van der Waals surface area contributed by atoms with Gasteiger partial charge in [-0.2, -0.15) is 4.91 Å². The Morgan fingerprint density at radius 1 is 0.939 bits per heavy atom. The van der Waals surface area contributed by atoms with Gasteiger partial charge in [0.25, 0.3) is 0 Å². The molecular weight excluding hydrogens is 435 g/mol. The molecule has 0 amide bonds. The molecule has 3 aromatic carbocycles. The van der Waals surface area contributed by atoms with E-state index in [4.69, 9.17) is 4.98 Å². The second-order valence-electron chi connectivity index (χ2n) is 7.73. The number of nitrogens with zero attached hydrogens (tertiary/aromatic N) is 3. The van der Waals surface area contributed by atoms with Crippen LogP contribution in [0.2, 0.25) is 0 Å². The predicted molar refractivity (Wildman–Crippen MR) is 132 cm³/mol. The molecule has 0 spiro atoms. The average Bonchev–Trinajstić information content (AvgIpc) is 3.30. The first-order chi connectivity index (χ1) is 16.1. The third-order valence-electron chi connectivity index (χ3n) is 5.45. The van der Waals surface area contributed by atoms with Crippen LogP contribution in [0.4, 0.5) is 15.8 Å². The highest BCUT2D eigenvalue weighted by Crippen LogP contribution is 2.35. The van der Waals surface area contributed by atoms with Crippen molar-refractivity contribution >= 4 is 32.9 Å². The second-order valence-corrected chi connectivity index (χ2v) is 8.61. The fourth-order valence-electron chi connectivity index (χ4n) is 3.73. The number of fused-ring (bicyclic) bond motifs is 1. The van der Waals surface area contributed by atoms with Crippen molar-refractivity contribution in [2.24, 2.45) is 5.18 Å². The number of anilines is 2. The number of hydrogen-bond donors (Lipinski definition) is 1. The summed E-state index contributed by atoms with van der Waals surface area (Å²) >= 11 is 1.59. The summed E-state index contributed by atoms with van der Waals surface area (Å²) in [7, 11) is 0. The van der Waals surface area contributed by atoms with Gasteiger partial charge in [-0.1, -0.05) is 23.4 Å². The summed E-state index contributed by atoms with van der Waals surface area (Å²) in [5.41, 5.74) is 9.48. The summed E-state index contributed by atoms with van der Waals surface area (Å²) in [6.45, 7) is 1.90. The SMILES string of the molecule is Cc1cc(-c2ncc(Nc3ccc(CN=O)cc3)cc2-c2ccc3ncsc3c2)ccc1F. The van der Waals surface area contributed by atoms with Crippen LogP contribution in [-0.2, 0) is 6.54 Å². The molecule has 0 saturated carbocycles. The predicted octanol–water partition coefficient (Wildman–Crippen LogP) is 7.48. The highest BCUT2D eigenvalue weighted by Gasteiger charge is 2.13. The molecule has 0 atom stereocenters. The molecule has 0 aliphatic carbocycles. The van der Waals surface area contributed by atoms with E-state index in [2.05, 4.69) is 21.5 Å². The van der Waals surface area contributed by atoms with Crippen LogP contribution in [0.25, 0.3) is 32.6 Å². The Labute approximate surface area is 194 Å². The van der Waals surface area contributed by atoms with Crippen molar-refractivity contribution < 1.29 is 4.39 Å². The van der Waals surface area contributed by atoms with E-state index in [9.17, 15) is 9.30 Å². The first kappa shape index (κ1) is 20.9. The third-order valence-corrected chi connectivity index (χ3v) is 6.24. The Balaban J connectivity index is 1.58. The monoisotopic (exact) mass is 454 g/mol. The molecule has 7 heteroatoms.